The van der Waals surface area contributed by atoms with Crippen molar-refractivity contribution in [1.29, 1.82) is 0 Å². The molecule has 14 heavy (non-hydrogen) atoms. The van der Waals surface area contributed by atoms with Crippen molar-refractivity contribution in [3.05, 3.63) is 23.3 Å². The molecule has 3 rings (SSSR count). The van der Waals surface area contributed by atoms with Crippen LogP contribution in [0.15, 0.2) is 12.1 Å². The fraction of sp³-hybridized carbons (Fsp3) is 0.364. The van der Waals surface area contributed by atoms with E-state index in [1.165, 1.54) is 5.56 Å². The number of hydrogen-bond donors (Lipinski definition) is 0. The number of ether oxygens (including phenoxy) is 1. The van der Waals surface area contributed by atoms with Crippen LogP contribution in [0.25, 0.3) is 0 Å². The van der Waals surface area contributed by atoms with Gasteiger partial charge in [-0.2, -0.15) is 0 Å². The van der Waals surface area contributed by atoms with Crippen LogP contribution < -0.4 is 9.64 Å². The molecule has 1 aromatic rings. The Bertz CT molecular complexity index is 426. The Balaban J connectivity index is 2.25. The molecule has 2 aliphatic rings. The average Bonchev–Trinajstić information content (AvgIpc) is 2.74. The number of carbonyl (C=O) groups excluding carboxylic acids is 1. The standard InChI is InChI=1S/C11H11NO2/c1-14-9-3-2-7-6-10(13)12-5-4-8(9)11(7)12/h2-3H,4-6H2,1H3. The van der Waals surface area contributed by atoms with E-state index in [9.17, 15) is 4.79 Å². The molecule has 2 aliphatic heterocycles. The highest BCUT2D eigenvalue weighted by molar-refractivity contribution is 6.04. The van der Waals surface area contributed by atoms with Gasteiger partial charge in [0.2, 0.25) is 5.91 Å². The van der Waals surface area contributed by atoms with Gasteiger partial charge >= 0.3 is 0 Å². The predicted octanol–water partition coefficient (Wildman–Crippen LogP) is 1.14. The number of hydrogen-bond acceptors (Lipinski definition) is 2. The van der Waals surface area contributed by atoms with Crippen LogP contribution in [0.1, 0.15) is 11.1 Å². The minimum absolute atomic E-state index is 0.229. The minimum Gasteiger partial charge on any atom is -0.496 e. The van der Waals surface area contributed by atoms with Gasteiger partial charge in [0.05, 0.1) is 19.2 Å². The molecule has 72 valence electrons. The van der Waals surface area contributed by atoms with Crippen molar-refractivity contribution in [2.24, 2.45) is 0 Å². The first-order chi connectivity index (χ1) is 6.81. The van der Waals surface area contributed by atoms with E-state index >= 15 is 0 Å². The van der Waals surface area contributed by atoms with Crippen molar-refractivity contribution in [1.82, 2.24) is 0 Å². The normalized spacial score (nSPS) is 17.5. The van der Waals surface area contributed by atoms with Gasteiger partial charge < -0.3 is 9.64 Å². The summed E-state index contributed by atoms with van der Waals surface area (Å²) >= 11 is 0. The molecule has 0 fully saturated rings. The zero-order valence-corrected chi connectivity index (χ0v) is 8.04. The number of benzene rings is 1. The van der Waals surface area contributed by atoms with Gasteiger partial charge in [0.15, 0.2) is 0 Å². The molecule has 1 amide bonds. The first-order valence-corrected chi connectivity index (χ1v) is 4.80. The van der Waals surface area contributed by atoms with Crippen LogP contribution >= 0.6 is 0 Å². The number of anilines is 1. The summed E-state index contributed by atoms with van der Waals surface area (Å²) in [5.41, 5.74) is 3.48. The van der Waals surface area contributed by atoms with Crippen molar-refractivity contribution < 1.29 is 9.53 Å². The van der Waals surface area contributed by atoms with E-state index in [-0.39, 0.29) is 5.91 Å². The maximum Gasteiger partial charge on any atom is 0.231 e. The lowest BCUT2D eigenvalue weighted by molar-refractivity contribution is -0.117. The van der Waals surface area contributed by atoms with Crippen molar-refractivity contribution in [2.75, 3.05) is 18.6 Å². The van der Waals surface area contributed by atoms with Crippen molar-refractivity contribution >= 4 is 11.6 Å². The van der Waals surface area contributed by atoms with Crippen molar-refractivity contribution in [2.45, 2.75) is 12.8 Å². The first kappa shape index (κ1) is 7.85. The van der Waals surface area contributed by atoms with E-state index in [1.807, 2.05) is 17.0 Å². The van der Waals surface area contributed by atoms with Gasteiger partial charge in [0.1, 0.15) is 5.75 Å². The van der Waals surface area contributed by atoms with E-state index in [1.54, 1.807) is 7.11 Å². The molecule has 0 unspecified atom stereocenters. The van der Waals surface area contributed by atoms with Crippen LogP contribution in [0.5, 0.6) is 5.75 Å². The number of methoxy groups -OCH3 is 1. The Hall–Kier alpha value is -1.51. The summed E-state index contributed by atoms with van der Waals surface area (Å²) in [6.07, 6.45) is 1.49. The Morgan fingerprint density at radius 1 is 1.43 bits per heavy atom. The Morgan fingerprint density at radius 2 is 2.29 bits per heavy atom. The summed E-state index contributed by atoms with van der Waals surface area (Å²) in [4.78, 5) is 13.5. The Kier molecular flexibility index (Phi) is 1.40. The van der Waals surface area contributed by atoms with Crippen LogP contribution in [0.4, 0.5) is 5.69 Å². The smallest absolute Gasteiger partial charge is 0.231 e. The van der Waals surface area contributed by atoms with E-state index in [0.717, 1.165) is 30.0 Å². The quantitative estimate of drug-likeness (QED) is 0.663. The van der Waals surface area contributed by atoms with Crippen LogP contribution in [-0.2, 0) is 17.6 Å². The minimum atomic E-state index is 0.229. The zero-order valence-electron chi connectivity index (χ0n) is 8.04. The van der Waals surface area contributed by atoms with Crippen molar-refractivity contribution in [3.63, 3.8) is 0 Å². The molecule has 0 bridgehead atoms. The maximum absolute atomic E-state index is 11.6. The Labute approximate surface area is 82.3 Å². The van der Waals surface area contributed by atoms with Gasteiger partial charge in [-0.25, -0.2) is 0 Å². The van der Waals surface area contributed by atoms with E-state index < -0.39 is 0 Å². The lowest BCUT2D eigenvalue weighted by atomic mass is 10.1. The zero-order chi connectivity index (χ0) is 9.71. The third kappa shape index (κ3) is 0.794. The molecule has 0 spiro atoms. The van der Waals surface area contributed by atoms with Gasteiger partial charge in [0, 0.05) is 12.1 Å². The predicted molar refractivity (Wildman–Crippen MR) is 52.8 cm³/mol. The topological polar surface area (TPSA) is 29.5 Å². The summed E-state index contributed by atoms with van der Waals surface area (Å²) in [6, 6.07) is 3.97. The summed E-state index contributed by atoms with van der Waals surface area (Å²) in [5.74, 6) is 1.15. The second kappa shape index (κ2) is 2.50. The summed E-state index contributed by atoms with van der Waals surface area (Å²) in [6.45, 7) is 0.821. The molecular weight excluding hydrogens is 178 g/mol. The number of amides is 1. The van der Waals surface area contributed by atoms with Crippen LogP contribution in [0.3, 0.4) is 0 Å². The summed E-state index contributed by atoms with van der Waals surface area (Å²) in [5, 5.41) is 0. The SMILES string of the molecule is COc1ccc2c3c1CCN3C(=O)C2. The largest absolute Gasteiger partial charge is 0.496 e. The molecule has 1 aromatic carbocycles. The van der Waals surface area contributed by atoms with Gasteiger partial charge in [-0.3, -0.25) is 4.79 Å². The molecule has 0 N–H and O–H groups in total. The summed E-state index contributed by atoms with van der Waals surface area (Å²) < 4.78 is 5.29. The van der Waals surface area contributed by atoms with Crippen molar-refractivity contribution in [3.8, 4) is 5.75 Å². The van der Waals surface area contributed by atoms with E-state index in [0.29, 0.717) is 6.42 Å². The number of nitrogens with zero attached hydrogens (tertiary/aromatic N) is 1. The van der Waals surface area contributed by atoms with E-state index in [2.05, 4.69) is 0 Å². The van der Waals surface area contributed by atoms with Crippen LogP contribution in [0, 0.1) is 0 Å². The van der Waals surface area contributed by atoms with Gasteiger partial charge in [0.25, 0.3) is 0 Å². The first-order valence-electron chi connectivity index (χ1n) is 4.80. The van der Waals surface area contributed by atoms with E-state index in [4.69, 9.17) is 4.74 Å². The molecule has 0 saturated carbocycles. The lowest BCUT2D eigenvalue weighted by Crippen LogP contribution is -2.24. The molecule has 0 radical (unpaired) electrons. The fourth-order valence-corrected chi connectivity index (χ4v) is 2.42. The molecule has 3 nitrogen and oxygen atoms in total. The monoisotopic (exact) mass is 189 g/mol. The number of rotatable bonds is 1. The highest BCUT2D eigenvalue weighted by Gasteiger charge is 2.35. The average molecular weight is 189 g/mol. The van der Waals surface area contributed by atoms with Gasteiger partial charge in [-0.1, -0.05) is 6.07 Å². The fourth-order valence-electron chi connectivity index (χ4n) is 2.42. The molecule has 0 atom stereocenters. The third-order valence-corrected chi connectivity index (χ3v) is 3.04. The van der Waals surface area contributed by atoms with Gasteiger partial charge in [-0.15, -0.1) is 0 Å². The van der Waals surface area contributed by atoms with Crippen LogP contribution in [-0.4, -0.2) is 19.6 Å². The number of carbonyl (C=O) groups is 1. The molecule has 0 saturated heterocycles. The third-order valence-electron chi connectivity index (χ3n) is 3.04. The molecule has 0 aromatic heterocycles. The molecule has 2 heterocycles. The Morgan fingerprint density at radius 3 is 3.07 bits per heavy atom. The molecule has 0 aliphatic carbocycles. The molecular formula is C11H11NO2. The van der Waals surface area contributed by atoms with Gasteiger partial charge in [-0.05, 0) is 18.1 Å². The van der Waals surface area contributed by atoms with Crippen LogP contribution in [0.2, 0.25) is 0 Å². The summed E-state index contributed by atoms with van der Waals surface area (Å²) in [7, 11) is 1.68. The highest BCUT2D eigenvalue weighted by Crippen LogP contribution is 2.42. The maximum atomic E-state index is 11.6. The second-order valence-electron chi connectivity index (χ2n) is 3.73. The molecule has 3 heteroatoms. The highest BCUT2D eigenvalue weighted by atomic mass is 16.5. The second-order valence-corrected chi connectivity index (χ2v) is 3.73. The lowest BCUT2D eigenvalue weighted by Gasteiger charge is -2.10.